The molecule has 0 saturated heterocycles. The molecule has 0 amide bonds. The van der Waals surface area contributed by atoms with Gasteiger partial charge in [0.25, 0.3) is 0 Å². The van der Waals surface area contributed by atoms with Gasteiger partial charge in [-0.1, -0.05) is 160 Å². The summed E-state index contributed by atoms with van der Waals surface area (Å²) in [5.74, 6) is 4.41. The van der Waals surface area contributed by atoms with E-state index in [0.29, 0.717) is 102 Å². The minimum Gasteiger partial charge on any atom is -0.508 e. The fourth-order valence-electron chi connectivity index (χ4n) is 12.6. The minimum absolute atomic E-state index is 0.0578. The number of aromatic hydroxyl groups is 12. The van der Waals surface area contributed by atoms with Crippen molar-refractivity contribution < 1.29 is 99.5 Å². The van der Waals surface area contributed by atoms with Crippen LogP contribution in [-0.2, 0) is 38.7 Å². The molecule has 692 valence electrons. The van der Waals surface area contributed by atoms with Gasteiger partial charge >= 0.3 is 0 Å². The fourth-order valence-corrected chi connectivity index (χ4v) is 12.6. The molecule has 0 aliphatic carbocycles. The van der Waals surface area contributed by atoms with Crippen LogP contribution in [0.25, 0.3) is 60.8 Å². The Kier molecular flexibility index (Phi) is 42.6. The lowest BCUT2D eigenvalue weighted by atomic mass is 9.93. The van der Waals surface area contributed by atoms with Crippen molar-refractivity contribution in [2.24, 2.45) is 0 Å². The number of hydrogen-bond donors (Lipinski definition) is 13. The molecule has 20 heteroatoms. The van der Waals surface area contributed by atoms with Crippen LogP contribution >= 0.6 is 0 Å². The van der Waals surface area contributed by atoms with Gasteiger partial charge < -0.3 is 99.5 Å². The van der Waals surface area contributed by atoms with Crippen LogP contribution in [0.5, 0.6) is 109 Å². The lowest BCUT2D eigenvalue weighted by molar-refractivity contribution is 0.280. The van der Waals surface area contributed by atoms with Crippen molar-refractivity contribution in [1.82, 2.24) is 0 Å². The molecule has 131 heavy (non-hydrogen) atoms. The number of ether oxygens (including phenoxy) is 7. The normalized spacial score (nSPS) is 10.7. The van der Waals surface area contributed by atoms with Gasteiger partial charge in [-0.15, -0.1) is 0 Å². The first-order chi connectivity index (χ1) is 62.3. The van der Waals surface area contributed by atoms with Crippen LogP contribution in [0, 0.1) is 0 Å². The maximum atomic E-state index is 10.5. The molecule has 20 nitrogen and oxygen atoms in total. The Morgan fingerprint density at radius 3 is 0.947 bits per heavy atom. The molecule has 0 aromatic heterocycles. The molecule has 10 rings (SSSR count). The van der Waals surface area contributed by atoms with Crippen molar-refractivity contribution in [3.05, 3.63) is 322 Å². The Bertz CT molecular complexity index is 5820. The summed E-state index contributed by atoms with van der Waals surface area (Å²) in [5.41, 5.74) is 21.1. The SMILES string of the molecule is COc1cc(/C=C/c2c(CC=C(C)C)c(O)cc(O)c2CC=C(C)C)ccc1O.COc1cc(/C=C/c2cc(O)cc(CO)c2CC=C(C)C)ccc1O.COc1cc(/C=C/c2cc(O)cc(OCC=C(C)C)c2)ccc1O.COc1cc(/C=C/c2cc(O)cc(OCC=C(C)C)c2CC=C(C)C)ccc1O.COc1ccc(/C=C/c2cc(O)c(CC=C(C)C)c(O)c2)cc1O. The zero-order valence-corrected chi connectivity index (χ0v) is 78.6. The predicted octanol–water partition coefficient (Wildman–Crippen LogP) is 25.5. The van der Waals surface area contributed by atoms with Gasteiger partial charge in [-0.05, 0) is 311 Å². The fraction of sp³-hybridized carbons (Fsp3) is 0.243. The van der Waals surface area contributed by atoms with E-state index in [1.807, 2.05) is 156 Å². The summed E-state index contributed by atoms with van der Waals surface area (Å²) in [6.07, 6.45) is 35.9. The van der Waals surface area contributed by atoms with E-state index in [1.165, 1.54) is 63.9 Å². The number of allylic oxidation sites excluding steroid dienone is 12. The van der Waals surface area contributed by atoms with Crippen LogP contribution in [0.3, 0.4) is 0 Å². The molecule has 10 aromatic rings. The van der Waals surface area contributed by atoms with Gasteiger partial charge in [-0.2, -0.15) is 0 Å². The number of hydrogen-bond acceptors (Lipinski definition) is 20. The first-order valence-corrected chi connectivity index (χ1v) is 42.6. The number of rotatable bonds is 32. The molecule has 0 bridgehead atoms. The second-order valence-corrected chi connectivity index (χ2v) is 32.4. The van der Waals surface area contributed by atoms with Crippen LogP contribution in [0.4, 0.5) is 0 Å². The number of phenols is 12. The summed E-state index contributed by atoms with van der Waals surface area (Å²) >= 11 is 0. The second-order valence-electron chi connectivity index (χ2n) is 32.4. The first-order valence-electron chi connectivity index (χ1n) is 42.6. The minimum atomic E-state index is -0.131. The lowest BCUT2D eigenvalue weighted by Crippen LogP contribution is -2.00. The second kappa shape index (κ2) is 53.1. The zero-order chi connectivity index (χ0) is 96.6. The molecule has 0 radical (unpaired) electrons. The molecule has 10 aromatic carbocycles. The van der Waals surface area contributed by atoms with Gasteiger partial charge in [-0.3, -0.25) is 0 Å². The van der Waals surface area contributed by atoms with Gasteiger partial charge in [0, 0.05) is 40.5 Å². The van der Waals surface area contributed by atoms with E-state index in [0.717, 1.165) is 89.0 Å². The van der Waals surface area contributed by atoms with Gasteiger partial charge in [0.1, 0.15) is 65.0 Å². The van der Waals surface area contributed by atoms with Crippen LogP contribution in [0.2, 0.25) is 0 Å². The van der Waals surface area contributed by atoms with E-state index < -0.39 is 0 Å². The predicted molar refractivity (Wildman–Crippen MR) is 533 cm³/mol. The Hall–Kier alpha value is -14.8. The van der Waals surface area contributed by atoms with Gasteiger partial charge in [-0.25, -0.2) is 0 Å². The largest absolute Gasteiger partial charge is 0.508 e. The average molecular weight is 1780 g/mol. The smallest absolute Gasteiger partial charge is 0.161 e. The van der Waals surface area contributed by atoms with E-state index >= 15 is 0 Å². The summed E-state index contributed by atoms with van der Waals surface area (Å²) in [7, 11) is 7.53. The lowest BCUT2D eigenvalue weighted by Gasteiger charge is -2.15. The quantitative estimate of drug-likeness (QED) is 0.0138. The third-order valence-corrected chi connectivity index (χ3v) is 19.8. The standard InChI is InChI=1S/2C25H30O4.C21H24O4.2C20H22O4/c1-16(2)6-10-20-19(12-8-18-9-13-22(26)25(14-18)29-5)21(11-7-17(3)4)24(28)15-23(20)27;1-17(2)6-10-22-20(9-7-19-8-11-23(27)25(14-19)28-5)15-21(26)16-24(22)29-13-12-18(3)4;1-14(2)4-8-19-16(11-18(23)12-17(19)13-22)7-5-15-6-9-20(24)21(10-15)25-3;1-13(2)4-8-16-17(21)11-15(12-18(16)22)6-5-14-7-9-20(24-3)19(23)10-14;1-14(2)8-9-24-18-11-16(10-17(21)13-18)5-4-15-6-7-19(22)20(12-15)23-3/h6-9,12-15,26-28H,10-11H2,1-5H3;6-9,11-12,14-16,26-27H,10,13H2,1-5H3;4-7,9-12,22-24H,8,13H2,1-3H3;4-7,9-12,21-23H,8H2,1-3H3;4-8,10-13,21-22H,9H2,1-3H3/b12-8+;9-7+;7-5+;6-5+;5-4+. The van der Waals surface area contributed by atoms with E-state index in [-0.39, 0.29) is 75.6 Å². The molecule has 13 N–H and O–H groups in total. The Balaban J connectivity index is 0.000000253. The topological polar surface area (TPSA) is 328 Å². The Morgan fingerprint density at radius 2 is 0.550 bits per heavy atom. The molecule has 0 heterocycles. The summed E-state index contributed by atoms with van der Waals surface area (Å²) in [5, 5.41) is 129. The Morgan fingerprint density at radius 1 is 0.237 bits per heavy atom. The molecular weight excluding hydrogens is 1650 g/mol. The van der Waals surface area contributed by atoms with Crippen LogP contribution < -0.4 is 33.2 Å². The third-order valence-electron chi connectivity index (χ3n) is 19.8. The van der Waals surface area contributed by atoms with Crippen molar-refractivity contribution in [3.8, 4) is 109 Å². The summed E-state index contributed by atoms with van der Waals surface area (Å²) in [4.78, 5) is 0. The van der Waals surface area contributed by atoms with Crippen molar-refractivity contribution in [2.45, 2.75) is 136 Å². The van der Waals surface area contributed by atoms with Gasteiger partial charge in [0.05, 0.1) is 42.2 Å². The highest BCUT2D eigenvalue weighted by atomic mass is 16.5. The Labute approximate surface area is 771 Å². The van der Waals surface area contributed by atoms with Crippen LogP contribution in [0.1, 0.15) is 186 Å². The number of benzene rings is 10. The molecule has 0 saturated carbocycles. The molecule has 0 fully saturated rings. The first kappa shape index (κ1) is 105. The maximum absolute atomic E-state index is 10.5. The average Bonchev–Trinajstić information content (AvgIpc) is 0.799. The summed E-state index contributed by atoms with van der Waals surface area (Å²) in [6, 6.07) is 41.9. The van der Waals surface area contributed by atoms with Crippen molar-refractivity contribution >= 4 is 60.8 Å². The molecule has 0 aliphatic rings. The molecule has 0 unspecified atom stereocenters. The van der Waals surface area contributed by atoms with Gasteiger partial charge in [0.2, 0.25) is 0 Å². The third kappa shape index (κ3) is 35.4. The molecule has 0 atom stereocenters. The summed E-state index contributed by atoms with van der Waals surface area (Å²) < 4.78 is 37.1. The number of phenolic OH excluding ortho intramolecular Hbond substituents is 12. The van der Waals surface area contributed by atoms with Crippen molar-refractivity contribution in [1.29, 1.82) is 0 Å². The van der Waals surface area contributed by atoms with Gasteiger partial charge in [0.15, 0.2) is 57.5 Å². The van der Waals surface area contributed by atoms with Crippen LogP contribution in [-0.4, -0.2) is 115 Å². The number of methoxy groups -OCH3 is 5. The highest BCUT2D eigenvalue weighted by molar-refractivity contribution is 5.80. The van der Waals surface area contributed by atoms with Crippen LogP contribution in [0.15, 0.2) is 233 Å². The molecular formula is C111H128O20. The maximum Gasteiger partial charge on any atom is 0.161 e. The highest BCUT2D eigenvalue weighted by Crippen LogP contribution is 2.40. The highest BCUT2D eigenvalue weighted by Gasteiger charge is 2.18. The number of aliphatic hydroxyl groups is 1. The molecule has 0 spiro atoms. The van der Waals surface area contributed by atoms with E-state index in [2.05, 4.69) is 38.2 Å². The van der Waals surface area contributed by atoms with E-state index in [4.69, 9.17) is 33.2 Å². The zero-order valence-electron chi connectivity index (χ0n) is 78.6. The van der Waals surface area contributed by atoms with E-state index in [9.17, 15) is 66.4 Å². The summed E-state index contributed by atoms with van der Waals surface area (Å²) in [6.45, 7) is 29.0. The van der Waals surface area contributed by atoms with E-state index in [1.54, 1.807) is 152 Å². The number of aliphatic hydroxyl groups excluding tert-OH is 1. The monoisotopic (exact) mass is 1780 g/mol. The molecule has 0 aliphatic heterocycles. The van der Waals surface area contributed by atoms with Crippen molar-refractivity contribution in [2.75, 3.05) is 48.8 Å². The van der Waals surface area contributed by atoms with Crippen molar-refractivity contribution in [3.63, 3.8) is 0 Å².